The van der Waals surface area contributed by atoms with E-state index in [1.807, 2.05) is 53.4 Å². The third-order valence-electron chi connectivity index (χ3n) is 4.63. The van der Waals surface area contributed by atoms with Gasteiger partial charge in [-0.05, 0) is 35.4 Å². The van der Waals surface area contributed by atoms with Crippen LogP contribution in [0.1, 0.15) is 32.6 Å². The highest BCUT2D eigenvalue weighted by molar-refractivity contribution is 8.00. The number of amides is 2. The molecule has 6 heteroatoms. The minimum absolute atomic E-state index is 0.0343. The molecule has 0 radical (unpaired) electrons. The van der Waals surface area contributed by atoms with Gasteiger partial charge in [-0.25, -0.2) is 0 Å². The van der Waals surface area contributed by atoms with Gasteiger partial charge in [-0.3, -0.25) is 9.59 Å². The molecular formula is C22H20N2O3S. The molecule has 1 aliphatic rings. The van der Waals surface area contributed by atoms with Crippen molar-refractivity contribution in [3.8, 4) is 0 Å². The lowest BCUT2D eigenvalue weighted by Gasteiger charge is -2.24. The Morgan fingerprint density at radius 2 is 1.86 bits per heavy atom. The Morgan fingerprint density at radius 1 is 1.07 bits per heavy atom. The molecule has 4 rings (SSSR count). The molecule has 2 aromatic carbocycles. The molecule has 1 atom stereocenters. The van der Waals surface area contributed by atoms with Crippen molar-refractivity contribution in [3.05, 3.63) is 95.4 Å². The second-order valence-electron chi connectivity index (χ2n) is 6.55. The number of nitrogens with one attached hydrogen (secondary N) is 1. The van der Waals surface area contributed by atoms with Crippen molar-refractivity contribution in [2.75, 3.05) is 5.75 Å². The Labute approximate surface area is 167 Å². The predicted octanol–water partition coefficient (Wildman–Crippen LogP) is 3.98. The number of carbonyl (C=O) groups excluding carboxylic acids is 2. The zero-order valence-electron chi connectivity index (χ0n) is 15.2. The van der Waals surface area contributed by atoms with Crippen LogP contribution in [-0.2, 0) is 17.9 Å². The summed E-state index contributed by atoms with van der Waals surface area (Å²) >= 11 is 1.62. The number of hydrogen-bond acceptors (Lipinski definition) is 4. The van der Waals surface area contributed by atoms with Crippen molar-refractivity contribution in [1.82, 2.24) is 10.2 Å². The third kappa shape index (κ3) is 4.12. The summed E-state index contributed by atoms with van der Waals surface area (Å²) in [7, 11) is 0. The maximum absolute atomic E-state index is 12.4. The van der Waals surface area contributed by atoms with Crippen molar-refractivity contribution in [3.63, 3.8) is 0 Å². The molecule has 1 unspecified atom stereocenters. The van der Waals surface area contributed by atoms with Crippen LogP contribution in [-0.4, -0.2) is 22.5 Å². The highest BCUT2D eigenvalue weighted by Gasteiger charge is 2.32. The van der Waals surface area contributed by atoms with Gasteiger partial charge in [0.15, 0.2) is 0 Å². The van der Waals surface area contributed by atoms with Gasteiger partial charge in [0, 0.05) is 12.1 Å². The van der Waals surface area contributed by atoms with Gasteiger partial charge in [-0.15, -0.1) is 11.8 Å². The van der Waals surface area contributed by atoms with E-state index in [1.165, 1.54) is 0 Å². The summed E-state index contributed by atoms with van der Waals surface area (Å²) < 4.78 is 5.22. The third-order valence-corrected chi connectivity index (χ3v) is 5.88. The maximum Gasteiger partial charge on any atom is 0.251 e. The molecule has 0 saturated carbocycles. The Morgan fingerprint density at radius 3 is 2.57 bits per heavy atom. The van der Waals surface area contributed by atoms with E-state index in [0.717, 1.165) is 11.1 Å². The number of thioether (sulfide) groups is 1. The van der Waals surface area contributed by atoms with Gasteiger partial charge in [0.25, 0.3) is 5.91 Å². The Bertz CT molecular complexity index is 940. The van der Waals surface area contributed by atoms with E-state index in [4.69, 9.17) is 4.42 Å². The highest BCUT2D eigenvalue weighted by Crippen LogP contribution is 2.39. The van der Waals surface area contributed by atoms with Crippen molar-refractivity contribution in [1.29, 1.82) is 0 Å². The lowest BCUT2D eigenvalue weighted by molar-refractivity contribution is -0.128. The first-order valence-corrected chi connectivity index (χ1v) is 10.1. The molecule has 1 N–H and O–H groups in total. The fraction of sp³-hybridized carbons (Fsp3) is 0.182. The normalized spacial score (nSPS) is 16.4. The standard InChI is InChI=1S/C22H20N2O3S/c25-20-15-28-22(24(20)14-16-5-2-1-3-6-16)18-10-8-17(9-11-18)21(26)23-13-19-7-4-12-27-19/h1-12,22H,13-15H2,(H,23,26). The highest BCUT2D eigenvalue weighted by atomic mass is 32.2. The SMILES string of the molecule is O=C(NCc1ccco1)c1ccc(C2SCC(=O)N2Cc2ccccc2)cc1. The molecular weight excluding hydrogens is 372 g/mol. The van der Waals surface area contributed by atoms with Crippen LogP contribution in [0.4, 0.5) is 0 Å². The summed E-state index contributed by atoms with van der Waals surface area (Å²) in [5.74, 6) is 1.17. The summed E-state index contributed by atoms with van der Waals surface area (Å²) in [5, 5.41) is 2.80. The predicted molar refractivity (Wildman–Crippen MR) is 109 cm³/mol. The summed E-state index contributed by atoms with van der Waals surface area (Å²) in [6.07, 6.45) is 1.58. The fourth-order valence-electron chi connectivity index (χ4n) is 3.16. The van der Waals surface area contributed by atoms with Gasteiger partial charge in [0.1, 0.15) is 11.1 Å². The minimum Gasteiger partial charge on any atom is -0.467 e. The zero-order valence-corrected chi connectivity index (χ0v) is 16.0. The number of nitrogens with zero attached hydrogens (tertiary/aromatic N) is 1. The van der Waals surface area contributed by atoms with E-state index >= 15 is 0 Å². The van der Waals surface area contributed by atoms with Crippen LogP contribution >= 0.6 is 11.8 Å². The zero-order chi connectivity index (χ0) is 19.3. The first-order chi connectivity index (χ1) is 13.7. The van der Waals surface area contributed by atoms with Gasteiger partial charge < -0.3 is 14.6 Å². The Balaban J connectivity index is 1.43. The molecule has 1 fully saturated rings. The van der Waals surface area contributed by atoms with Gasteiger partial charge in [-0.2, -0.15) is 0 Å². The molecule has 1 aliphatic heterocycles. The Kier molecular flexibility index (Phi) is 5.48. The van der Waals surface area contributed by atoms with E-state index in [9.17, 15) is 9.59 Å². The van der Waals surface area contributed by atoms with E-state index in [1.54, 1.807) is 36.2 Å². The van der Waals surface area contributed by atoms with Crippen LogP contribution in [0, 0.1) is 0 Å². The molecule has 1 aromatic heterocycles. The van der Waals surface area contributed by atoms with Crippen molar-refractivity contribution < 1.29 is 14.0 Å². The van der Waals surface area contributed by atoms with Crippen molar-refractivity contribution in [2.45, 2.75) is 18.5 Å². The van der Waals surface area contributed by atoms with Crippen molar-refractivity contribution >= 4 is 23.6 Å². The average Bonchev–Trinajstić information content (AvgIpc) is 3.38. The van der Waals surface area contributed by atoms with Crippen LogP contribution in [0.25, 0.3) is 0 Å². The van der Waals surface area contributed by atoms with E-state index in [2.05, 4.69) is 5.32 Å². The van der Waals surface area contributed by atoms with E-state index in [-0.39, 0.29) is 17.2 Å². The molecule has 0 bridgehead atoms. The van der Waals surface area contributed by atoms with Crippen molar-refractivity contribution in [2.24, 2.45) is 0 Å². The minimum atomic E-state index is -0.153. The van der Waals surface area contributed by atoms with Gasteiger partial charge >= 0.3 is 0 Å². The van der Waals surface area contributed by atoms with Crippen LogP contribution in [0.2, 0.25) is 0 Å². The summed E-state index contributed by atoms with van der Waals surface area (Å²) in [6.45, 7) is 0.939. The maximum atomic E-state index is 12.4. The van der Waals surface area contributed by atoms with Gasteiger partial charge in [0.05, 0.1) is 18.6 Å². The van der Waals surface area contributed by atoms with E-state index < -0.39 is 0 Å². The molecule has 1 saturated heterocycles. The molecule has 5 nitrogen and oxygen atoms in total. The van der Waals surface area contributed by atoms with Gasteiger partial charge in [0.2, 0.25) is 5.91 Å². The van der Waals surface area contributed by atoms with Crippen LogP contribution < -0.4 is 5.32 Å². The van der Waals surface area contributed by atoms with Crippen LogP contribution in [0.3, 0.4) is 0 Å². The lowest BCUT2D eigenvalue weighted by atomic mass is 10.1. The molecule has 3 aromatic rings. The number of rotatable bonds is 6. The second-order valence-corrected chi connectivity index (χ2v) is 7.62. The molecule has 28 heavy (non-hydrogen) atoms. The smallest absolute Gasteiger partial charge is 0.251 e. The summed E-state index contributed by atoms with van der Waals surface area (Å²) in [4.78, 5) is 26.6. The summed E-state index contributed by atoms with van der Waals surface area (Å²) in [5.41, 5.74) is 2.71. The molecule has 2 heterocycles. The quantitative estimate of drug-likeness (QED) is 0.689. The number of furan rings is 1. The van der Waals surface area contributed by atoms with Crippen LogP contribution in [0.15, 0.2) is 77.4 Å². The molecule has 0 spiro atoms. The molecule has 0 aliphatic carbocycles. The van der Waals surface area contributed by atoms with Crippen LogP contribution in [0.5, 0.6) is 0 Å². The first kappa shape index (κ1) is 18.4. The van der Waals surface area contributed by atoms with E-state index in [0.29, 0.717) is 30.2 Å². The van der Waals surface area contributed by atoms with Gasteiger partial charge in [-0.1, -0.05) is 42.5 Å². The fourth-order valence-corrected chi connectivity index (χ4v) is 4.35. The Hall–Kier alpha value is -2.99. The lowest BCUT2D eigenvalue weighted by Crippen LogP contribution is -2.27. The monoisotopic (exact) mass is 392 g/mol. The largest absolute Gasteiger partial charge is 0.467 e. The second kappa shape index (κ2) is 8.35. The number of benzene rings is 2. The molecule has 2 amide bonds. The number of carbonyl (C=O) groups is 2. The first-order valence-electron chi connectivity index (χ1n) is 9.06. The summed E-state index contributed by atoms with van der Waals surface area (Å²) in [6, 6.07) is 21.1. The molecule has 142 valence electrons. The topological polar surface area (TPSA) is 62.6 Å². The number of hydrogen-bond donors (Lipinski definition) is 1. The average molecular weight is 392 g/mol.